The van der Waals surface area contributed by atoms with Crippen molar-refractivity contribution in [1.29, 1.82) is 0 Å². The van der Waals surface area contributed by atoms with Crippen LogP contribution in [0.2, 0.25) is 0 Å². The number of hydrogen-bond donors (Lipinski definition) is 3. The fourth-order valence-electron chi connectivity index (χ4n) is 3.32. The monoisotopic (exact) mass is 359 g/mol. The molecule has 0 aromatic heterocycles. The van der Waals surface area contributed by atoms with Crippen LogP contribution in [0.1, 0.15) is 38.2 Å². The number of amides is 3. The predicted molar refractivity (Wildman–Crippen MR) is 95.8 cm³/mol. The summed E-state index contributed by atoms with van der Waals surface area (Å²) in [5.74, 6) is -1.72. The van der Waals surface area contributed by atoms with Gasteiger partial charge in [0.05, 0.1) is 0 Å². The van der Waals surface area contributed by atoms with Gasteiger partial charge >= 0.3 is 0 Å². The van der Waals surface area contributed by atoms with Gasteiger partial charge in [-0.05, 0) is 24.3 Å². The summed E-state index contributed by atoms with van der Waals surface area (Å²) in [5.41, 5.74) is 6.34. The third-order valence-electron chi connectivity index (χ3n) is 4.57. The van der Waals surface area contributed by atoms with Gasteiger partial charge in [0, 0.05) is 26.2 Å². The van der Waals surface area contributed by atoms with Gasteiger partial charge in [-0.2, -0.15) is 0 Å². The molecule has 0 radical (unpaired) electrons. The van der Waals surface area contributed by atoms with Gasteiger partial charge in [-0.25, -0.2) is 0 Å². The number of nitrogens with one attached hydrogen (secondary N) is 2. The Balaban J connectivity index is 2.10. The van der Waals surface area contributed by atoms with E-state index < -0.39 is 23.9 Å². The Bertz CT molecular complexity index is 675. The molecule has 0 unspecified atom stereocenters. The average Bonchev–Trinajstić information content (AvgIpc) is 2.59. The molecular formula is C19H25N3O4. The minimum Gasteiger partial charge on any atom is -0.368 e. The second-order valence-electron chi connectivity index (χ2n) is 6.73. The maximum Gasteiger partial charge on any atom is 0.243 e. The highest BCUT2D eigenvalue weighted by Gasteiger charge is 2.33. The summed E-state index contributed by atoms with van der Waals surface area (Å²) in [7, 11) is 0. The van der Waals surface area contributed by atoms with Crippen molar-refractivity contribution in [2.24, 2.45) is 11.7 Å². The molecule has 1 aliphatic carbocycles. The first-order valence-corrected chi connectivity index (χ1v) is 8.79. The highest BCUT2D eigenvalue weighted by atomic mass is 16.2. The first-order valence-electron chi connectivity index (χ1n) is 8.79. The van der Waals surface area contributed by atoms with Crippen LogP contribution < -0.4 is 16.4 Å². The van der Waals surface area contributed by atoms with Crippen molar-refractivity contribution >= 4 is 23.5 Å². The fourth-order valence-corrected chi connectivity index (χ4v) is 3.32. The zero-order valence-corrected chi connectivity index (χ0v) is 14.9. The van der Waals surface area contributed by atoms with Crippen molar-refractivity contribution in [2.45, 2.75) is 51.1 Å². The summed E-state index contributed by atoms with van der Waals surface area (Å²) >= 11 is 0. The van der Waals surface area contributed by atoms with Crippen molar-refractivity contribution in [3.63, 3.8) is 0 Å². The Morgan fingerprint density at radius 1 is 1.19 bits per heavy atom. The number of nitrogens with two attached hydrogens (primary N) is 1. The molecule has 1 aromatic carbocycles. The van der Waals surface area contributed by atoms with Crippen molar-refractivity contribution in [3.8, 4) is 0 Å². The number of carbonyl (C=O) groups excluding carboxylic acids is 4. The normalized spacial score (nSPS) is 19.3. The molecule has 7 nitrogen and oxygen atoms in total. The van der Waals surface area contributed by atoms with E-state index in [1.54, 1.807) is 0 Å². The molecule has 26 heavy (non-hydrogen) atoms. The first-order chi connectivity index (χ1) is 12.4. The van der Waals surface area contributed by atoms with E-state index in [0.29, 0.717) is 25.7 Å². The van der Waals surface area contributed by atoms with Crippen LogP contribution in [-0.2, 0) is 25.6 Å². The molecule has 1 fully saturated rings. The van der Waals surface area contributed by atoms with Gasteiger partial charge in [0.2, 0.25) is 17.7 Å². The van der Waals surface area contributed by atoms with Gasteiger partial charge in [0.1, 0.15) is 17.9 Å². The Hall–Kier alpha value is -2.70. The van der Waals surface area contributed by atoms with Crippen molar-refractivity contribution in [1.82, 2.24) is 10.6 Å². The molecular weight excluding hydrogens is 334 g/mol. The summed E-state index contributed by atoms with van der Waals surface area (Å²) in [5, 5.41) is 5.27. The van der Waals surface area contributed by atoms with Crippen LogP contribution in [0.5, 0.6) is 0 Å². The Morgan fingerprint density at radius 3 is 2.46 bits per heavy atom. The van der Waals surface area contributed by atoms with E-state index in [4.69, 9.17) is 5.73 Å². The molecule has 0 aliphatic heterocycles. The molecule has 7 heteroatoms. The van der Waals surface area contributed by atoms with Gasteiger partial charge in [0.15, 0.2) is 0 Å². The second kappa shape index (κ2) is 9.12. The van der Waals surface area contributed by atoms with Gasteiger partial charge in [-0.1, -0.05) is 30.3 Å². The maximum absolute atomic E-state index is 12.7. The number of ketones is 1. The van der Waals surface area contributed by atoms with Gasteiger partial charge in [-0.15, -0.1) is 0 Å². The Morgan fingerprint density at radius 2 is 1.88 bits per heavy atom. The van der Waals surface area contributed by atoms with Crippen LogP contribution in [-0.4, -0.2) is 35.6 Å². The third-order valence-corrected chi connectivity index (χ3v) is 4.57. The Labute approximate surface area is 152 Å². The van der Waals surface area contributed by atoms with Crippen LogP contribution in [0.25, 0.3) is 0 Å². The standard InChI is InChI=1S/C19H25N3O4/c1-12(23)21-16(10-13-6-3-2-4-7-13)19(26)22-17(18(20)25)14-8-5-9-15(24)11-14/h2-4,6-7,14,16-17H,5,8-11H2,1H3,(H2,20,25)(H,21,23)(H,22,26)/t14-,16-,17+/m1/s1. The van der Waals surface area contributed by atoms with Crippen LogP contribution >= 0.6 is 0 Å². The van der Waals surface area contributed by atoms with Crippen LogP contribution in [0, 0.1) is 5.92 Å². The molecule has 0 spiro atoms. The minimum absolute atomic E-state index is 0.0736. The quantitative estimate of drug-likeness (QED) is 0.655. The second-order valence-corrected chi connectivity index (χ2v) is 6.73. The smallest absolute Gasteiger partial charge is 0.243 e. The lowest BCUT2D eigenvalue weighted by Gasteiger charge is -2.29. The van der Waals surface area contributed by atoms with E-state index in [0.717, 1.165) is 5.56 Å². The van der Waals surface area contributed by atoms with Gasteiger partial charge in [-0.3, -0.25) is 19.2 Å². The van der Waals surface area contributed by atoms with Gasteiger partial charge < -0.3 is 16.4 Å². The van der Waals surface area contributed by atoms with Gasteiger partial charge in [0.25, 0.3) is 0 Å². The fraction of sp³-hybridized carbons (Fsp3) is 0.474. The summed E-state index contributed by atoms with van der Waals surface area (Å²) in [6, 6.07) is 7.52. The lowest BCUT2D eigenvalue weighted by atomic mass is 9.82. The number of carbonyl (C=O) groups is 4. The summed E-state index contributed by atoms with van der Waals surface area (Å²) in [6.45, 7) is 1.33. The molecule has 3 atom stereocenters. The lowest BCUT2D eigenvalue weighted by Crippen LogP contribution is -2.56. The van der Waals surface area contributed by atoms with Crippen LogP contribution in [0.15, 0.2) is 30.3 Å². The molecule has 3 amide bonds. The summed E-state index contributed by atoms with van der Waals surface area (Å²) in [6.07, 6.45) is 2.36. The maximum atomic E-state index is 12.7. The molecule has 1 aliphatic rings. The van der Waals surface area contributed by atoms with E-state index in [-0.39, 0.29) is 24.0 Å². The lowest BCUT2D eigenvalue weighted by molar-refractivity contribution is -0.132. The Kier molecular flexibility index (Phi) is 6.89. The van der Waals surface area contributed by atoms with E-state index in [1.807, 2.05) is 30.3 Å². The molecule has 140 valence electrons. The van der Waals surface area contributed by atoms with Crippen molar-refractivity contribution in [3.05, 3.63) is 35.9 Å². The van der Waals surface area contributed by atoms with E-state index >= 15 is 0 Å². The number of hydrogen-bond acceptors (Lipinski definition) is 4. The highest BCUT2D eigenvalue weighted by molar-refractivity contribution is 5.92. The number of primary amides is 1. The van der Waals surface area contributed by atoms with E-state index in [2.05, 4.69) is 10.6 Å². The molecule has 0 saturated heterocycles. The largest absolute Gasteiger partial charge is 0.368 e. The zero-order chi connectivity index (χ0) is 19.1. The predicted octanol–water partition coefficient (Wildman–Crippen LogP) is 0.463. The molecule has 0 bridgehead atoms. The van der Waals surface area contributed by atoms with Crippen molar-refractivity contribution in [2.75, 3.05) is 0 Å². The first kappa shape index (κ1) is 19.6. The zero-order valence-electron chi connectivity index (χ0n) is 14.9. The topological polar surface area (TPSA) is 118 Å². The molecule has 4 N–H and O–H groups in total. The van der Waals surface area contributed by atoms with E-state index in [1.165, 1.54) is 6.92 Å². The molecule has 1 saturated carbocycles. The summed E-state index contributed by atoms with van der Waals surface area (Å²) < 4.78 is 0. The SMILES string of the molecule is CC(=O)N[C@H](Cc1ccccc1)C(=O)N[C@H](C(N)=O)[C@@H]1CCCC(=O)C1. The van der Waals surface area contributed by atoms with Crippen LogP contribution in [0.4, 0.5) is 0 Å². The molecule has 0 heterocycles. The number of rotatable bonds is 7. The number of benzene rings is 1. The minimum atomic E-state index is -0.918. The number of Topliss-reactive ketones (excluding diaryl/α,β-unsaturated/α-hetero) is 1. The highest BCUT2D eigenvalue weighted by Crippen LogP contribution is 2.24. The third kappa shape index (κ3) is 5.68. The summed E-state index contributed by atoms with van der Waals surface area (Å²) in [4.78, 5) is 47.7. The van der Waals surface area contributed by atoms with Crippen molar-refractivity contribution < 1.29 is 19.2 Å². The van der Waals surface area contributed by atoms with Crippen LogP contribution in [0.3, 0.4) is 0 Å². The molecule has 1 aromatic rings. The molecule has 2 rings (SSSR count). The average molecular weight is 359 g/mol. The van der Waals surface area contributed by atoms with E-state index in [9.17, 15) is 19.2 Å².